The van der Waals surface area contributed by atoms with Crippen molar-refractivity contribution in [2.24, 2.45) is 35.0 Å². The molecule has 3 saturated carbocycles. The van der Waals surface area contributed by atoms with Crippen LogP contribution in [0.25, 0.3) is 0 Å². The van der Waals surface area contributed by atoms with Crippen molar-refractivity contribution in [2.45, 2.75) is 40.0 Å². The highest BCUT2D eigenvalue weighted by Crippen LogP contribution is 2.81. The Morgan fingerprint density at radius 3 is 2.08 bits per heavy atom. The lowest BCUT2D eigenvalue weighted by molar-refractivity contribution is 0.102. The molecule has 5 unspecified atom stereocenters. The van der Waals surface area contributed by atoms with E-state index >= 15 is 0 Å². The minimum Gasteiger partial charge on any atom is -0.0619 e. The summed E-state index contributed by atoms with van der Waals surface area (Å²) in [5.74, 6) is 5.50. The van der Waals surface area contributed by atoms with E-state index in [0.717, 1.165) is 35.0 Å². The first kappa shape index (κ1) is 7.41. The van der Waals surface area contributed by atoms with Crippen molar-refractivity contribution in [3.05, 3.63) is 0 Å². The van der Waals surface area contributed by atoms with Gasteiger partial charge in [0.25, 0.3) is 0 Å². The van der Waals surface area contributed by atoms with Crippen molar-refractivity contribution in [1.29, 1.82) is 0 Å². The molecule has 3 fully saturated rings. The van der Waals surface area contributed by atoms with Gasteiger partial charge in [0.2, 0.25) is 0 Å². The van der Waals surface area contributed by atoms with Gasteiger partial charge < -0.3 is 0 Å². The van der Waals surface area contributed by atoms with Crippen molar-refractivity contribution in [3.63, 3.8) is 0 Å². The molecule has 0 saturated heterocycles. The molecule has 0 nitrogen and oxygen atoms in total. The second-order valence-electron chi connectivity index (χ2n) is 5.76. The number of fused-ring (bicyclic) bond motifs is 1. The smallest absolute Gasteiger partial charge is 0.0230 e. The minimum absolute atomic E-state index is 0.810. The molecule has 0 heteroatoms. The summed E-state index contributed by atoms with van der Waals surface area (Å²) >= 11 is 0. The van der Waals surface area contributed by atoms with Gasteiger partial charge in [-0.1, -0.05) is 40.0 Å². The molecule has 68 valence electrons. The summed E-state index contributed by atoms with van der Waals surface area (Å²) < 4.78 is 0. The van der Waals surface area contributed by atoms with Gasteiger partial charge in [-0.15, -0.1) is 0 Å². The molecule has 0 heterocycles. The zero-order chi connectivity index (χ0) is 8.51. The van der Waals surface area contributed by atoms with Gasteiger partial charge in [0, 0.05) is 0 Å². The van der Waals surface area contributed by atoms with Crippen LogP contribution in [0, 0.1) is 35.0 Å². The second-order valence-corrected chi connectivity index (χ2v) is 5.76. The molecule has 0 aromatic heterocycles. The predicted octanol–water partition coefficient (Wildman–Crippen LogP) is 3.32. The van der Waals surface area contributed by atoms with Crippen molar-refractivity contribution in [3.8, 4) is 0 Å². The quantitative estimate of drug-likeness (QED) is 0.557. The molecule has 0 spiro atoms. The Morgan fingerprint density at radius 1 is 1.08 bits per heavy atom. The van der Waals surface area contributed by atoms with Crippen molar-refractivity contribution in [1.82, 2.24) is 0 Å². The Labute approximate surface area is 75.7 Å². The predicted molar refractivity (Wildman–Crippen MR) is 50.8 cm³/mol. The van der Waals surface area contributed by atoms with Crippen molar-refractivity contribution >= 4 is 0 Å². The molecule has 0 aromatic carbocycles. The molecule has 3 aliphatic carbocycles. The average molecular weight is 164 g/mol. The van der Waals surface area contributed by atoms with Crippen molar-refractivity contribution < 1.29 is 0 Å². The molecule has 5 atom stereocenters. The summed E-state index contributed by atoms with van der Waals surface area (Å²) in [6.07, 6.45) is 4.62. The average Bonchev–Trinajstić information content (AvgIpc) is 2.51. The molecule has 3 rings (SSSR count). The molecular formula is C12H20. The van der Waals surface area contributed by atoms with Gasteiger partial charge in [-0.05, 0) is 35.0 Å². The minimum atomic E-state index is 0.810. The Kier molecular flexibility index (Phi) is 1.18. The first-order valence-corrected chi connectivity index (χ1v) is 5.67. The van der Waals surface area contributed by atoms with Crippen LogP contribution in [-0.2, 0) is 0 Å². The van der Waals surface area contributed by atoms with Crippen molar-refractivity contribution in [2.75, 3.05) is 0 Å². The fourth-order valence-electron chi connectivity index (χ4n) is 4.46. The molecule has 0 aliphatic heterocycles. The second kappa shape index (κ2) is 1.91. The van der Waals surface area contributed by atoms with Gasteiger partial charge in [0.05, 0.1) is 0 Å². The number of rotatable bonds is 1. The lowest BCUT2D eigenvalue weighted by Gasteiger charge is -2.38. The van der Waals surface area contributed by atoms with E-state index in [4.69, 9.17) is 0 Å². The van der Waals surface area contributed by atoms with Crippen LogP contribution in [-0.4, -0.2) is 0 Å². The summed E-state index contributed by atoms with van der Waals surface area (Å²) in [5, 5.41) is 0. The largest absolute Gasteiger partial charge is 0.0619 e. The highest BCUT2D eigenvalue weighted by atomic mass is 14.8. The topological polar surface area (TPSA) is 0 Å². The monoisotopic (exact) mass is 164 g/mol. The third-order valence-electron chi connectivity index (χ3n) is 5.71. The van der Waals surface area contributed by atoms with Gasteiger partial charge in [0.1, 0.15) is 0 Å². The molecule has 0 amide bonds. The first-order chi connectivity index (χ1) is 5.67. The van der Waals surface area contributed by atoms with Gasteiger partial charge >= 0.3 is 0 Å². The third kappa shape index (κ3) is 0.561. The summed E-state index contributed by atoms with van der Waals surface area (Å²) in [6, 6.07) is 0. The highest BCUT2D eigenvalue weighted by Gasteiger charge is 2.76. The van der Waals surface area contributed by atoms with Crippen LogP contribution in [0.3, 0.4) is 0 Å². The first-order valence-electron chi connectivity index (χ1n) is 5.67. The van der Waals surface area contributed by atoms with Crippen LogP contribution in [0.5, 0.6) is 0 Å². The van der Waals surface area contributed by atoms with Crippen LogP contribution in [0.4, 0.5) is 0 Å². The van der Waals surface area contributed by atoms with Gasteiger partial charge in [-0.25, -0.2) is 0 Å². The van der Waals surface area contributed by atoms with E-state index in [-0.39, 0.29) is 0 Å². The fraction of sp³-hybridized carbons (Fsp3) is 1.00. The summed E-state index contributed by atoms with van der Waals surface area (Å²) in [4.78, 5) is 0. The van der Waals surface area contributed by atoms with E-state index < -0.39 is 0 Å². The summed E-state index contributed by atoms with van der Waals surface area (Å²) in [5.41, 5.74) is 0.810. The van der Waals surface area contributed by atoms with E-state index in [0.29, 0.717) is 0 Å². The summed E-state index contributed by atoms with van der Waals surface area (Å²) in [7, 11) is 0. The SMILES string of the molecule is CC1C(C)C2(C)C(C3CCC3)C12. The van der Waals surface area contributed by atoms with Gasteiger partial charge in [0.15, 0.2) is 0 Å². The zero-order valence-corrected chi connectivity index (χ0v) is 8.51. The zero-order valence-electron chi connectivity index (χ0n) is 8.51. The highest BCUT2D eigenvalue weighted by molar-refractivity contribution is 5.23. The van der Waals surface area contributed by atoms with Crippen LogP contribution >= 0.6 is 0 Å². The number of hydrogen-bond acceptors (Lipinski definition) is 0. The van der Waals surface area contributed by atoms with Gasteiger partial charge in [-0.2, -0.15) is 0 Å². The third-order valence-corrected chi connectivity index (χ3v) is 5.71. The molecule has 0 N–H and O–H groups in total. The normalized spacial score (nSPS) is 63.2. The molecule has 0 bridgehead atoms. The Morgan fingerprint density at radius 2 is 1.75 bits per heavy atom. The lowest BCUT2D eigenvalue weighted by atomic mass is 9.67. The maximum atomic E-state index is 2.55. The standard InChI is InChI=1S/C12H20/c1-7-8(2)12(3)10(7)11(12)9-5-4-6-9/h7-11H,4-6H2,1-3H3. The Balaban J connectivity index is 1.77. The maximum absolute atomic E-state index is 2.55. The molecule has 0 aromatic rings. The maximum Gasteiger partial charge on any atom is -0.0230 e. The molecule has 0 radical (unpaired) electrons. The lowest BCUT2D eigenvalue weighted by Crippen LogP contribution is -2.32. The van der Waals surface area contributed by atoms with E-state index in [1.165, 1.54) is 6.42 Å². The van der Waals surface area contributed by atoms with E-state index in [9.17, 15) is 0 Å². The van der Waals surface area contributed by atoms with Crippen LogP contribution in [0.2, 0.25) is 0 Å². The molecule has 3 aliphatic rings. The van der Waals surface area contributed by atoms with Crippen LogP contribution in [0.1, 0.15) is 40.0 Å². The number of hydrogen-bond donors (Lipinski definition) is 0. The van der Waals surface area contributed by atoms with E-state index in [2.05, 4.69) is 20.8 Å². The van der Waals surface area contributed by atoms with E-state index in [1.54, 1.807) is 12.8 Å². The Bertz CT molecular complexity index is 216. The molecular weight excluding hydrogens is 144 g/mol. The van der Waals surface area contributed by atoms with Crippen LogP contribution in [0.15, 0.2) is 0 Å². The van der Waals surface area contributed by atoms with E-state index in [1.807, 2.05) is 0 Å². The van der Waals surface area contributed by atoms with Crippen LogP contribution < -0.4 is 0 Å². The fourth-order valence-corrected chi connectivity index (χ4v) is 4.46. The molecule has 12 heavy (non-hydrogen) atoms. The summed E-state index contributed by atoms with van der Waals surface area (Å²) in [6.45, 7) is 7.49. The van der Waals surface area contributed by atoms with Gasteiger partial charge in [-0.3, -0.25) is 0 Å². The Hall–Kier alpha value is 0.